The molecule has 1 fully saturated rings. The normalized spacial score (nSPS) is 20.0. The molecule has 1 heterocycles. The minimum Gasteiger partial charge on any atom is -0.356 e. The van der Waals surface area contributed by atoms with Crippen molar-refractivity contribution in [3.63, 3.8) is 0 Å². The third-order valence-corrected chi connectivity index (χ3v) is 5.04. The van der Waals surface area contributed by atoms with Gasteiger partial charge in [0.1, 0.15) is 0 Å². The van der Waals surface area contributed by atoms with Crippen LogP contribution in [-0.4, -0.2) is 49.4 Å². The van der Waals surface area contributed by atoms with E-state index in [1.165, 1.54) is 11.1 Å². The van der Waals surface area contributed by atoms with Gasteiger partial charge in [-0.3, -0.25) is 4.79 Å². The summed E-state index contributed by atoms with van der Waals surface area (Å²) < 4.78 is 0. The molecule has 0 radical (unpaired) electrons. The van der Waals surface area contributed by atoms with E-state index < -0.39 is 0 Å². The van der Waals surface area contributed by atoms with Gasteiger partial charge in [0.2, 0.25) is 5.91 Å². The predicted molar refractivity (Wildman–Crippen MR) is 109 cm³/mol. The summed E-state index contributed by atoms with van der Waals surface area (Å²) in [5, 5.41) is 3.47. The lowest BCUT2D eigenvalue weighted by atomic mass is 9.94. The van der Waals surface area contributed by atoms with Crippen LogP contribution in [0.1, 0.15) is 23.6 Å². The number of carbonyl (C=O) groups excluding carboxylic acids is 1. The SMILES string of the molecule is CN(C)C(=NCc1ccccc1)NC[C@@H]1CC(=O)N(C)[C@H]1c1ccccc1. The molecule has 1 aliphatic heterocycles. The zero-order valence-electron chi connectivity index (χ0n) is 16.3. The van der Waals surface area contributed by atoms with Crippen LogP contribution in [0.3, 0.4) is 0 Å². The summed E-state index contributed by atoms with van der Waals surface area (Å²) in [6, 6.07) is 20.6. The summed E-state index contributed by atoms with van der Waals surface area (Å²) in [5.74, 6) is 1.25. The molecule has 2 atom stereocenters. The van der Waals surface area contributed by atoms with E-state index in [4.69, 9.17) is 4.99 Å². The van der Waals surface area contributed by atoms with Crippen LogP contribution in [-0.2, 0) is 11.3 Å². The molecule has 2 aromatic carbocycles. The third kappa shape index (κ3) is 4.67. The lowest BCUT2D eigenvalue weighted by molar-refractivity contribution is -0.127. The highest BCUT2D eigenvalue weighted by molar-refractivity contribution is 5.81. The highest BCUT2D eigenvalue weighted by atomic mass is 16.2. The van der Waals surface area contributed by atoms with Gasteiger partial charge in [0.25, 0.3) is 0 Å². The highest BCUT2D eigenvalue weighted by Gasteiger charge is 2.38. The van der Waals surface area contributed by atoms with Gasteiger partial charge in [-0.15, -0.1) is 0 Å². The quantitative estimate of drug-likeness (QED) is 0.656. The Morgan fingerprint density at radius 1 is 1.11 bits per heavy atom. The van der Waals surface area contributed by atoms with E-state index in [1.54, 1.807) is 0 Å². The fraction of sp³-hybridized carbons (Fsp3) is 0.364. The second-order valence-electron chi connectivity index (χ2n) is 7.23. The van der Waals surface area contributed by atoms with E-state index in [2.05, 4.69) is 29.6 Å². The number of hydrogen-bond donors (Lipinski definition) is 1. The lowest BCUT2D eigenvalue weighted by Crippen LogP contribution is -2.40. The van der Waals surface area contributed by atoms with E-state index in [0.29, 0.717) is 19.5 Å². The lowest BCUT2D eigenvalue weighted by Gasteiger charge is -2.27. The van der Waals surface area contributed by atoms with E-state index in [-0.39, 0.29) is 17.9 Å². The molecule has 5 nitrogen and oxygen atoms in total. The van der Waals surface area contributed by atoms with Crippen molar-refractivity contribution in [1.29, 1.82) is 0 Å². The van der Waals surface area contributed by atoms with Crippen molar-refractivity contribution in [2.75, 3.05) is 27.7 Å². The number of carbonyl (C=O) groups is 1. The molecule has 2 aromatic rings. The van der Waals surface area contributed by atoms with Crippen LogP contribution in [0.25, 0.3) is 0 Å². The number of nitrogens with one attached hydrogen (secondary N) is 1. The Kier molecular flexibility index (Phi) is 6.12. The average molecular weight is 364 g/mol. The van der Waals surface area contributed by atoms with Crippen molar-refractivity contribution in [3.05, 3.63) is 71.8 Å². The van der Waals surface area contributed by atoms with Crippen LogP contribution in [0, 0.1) is 5.92 Å². The van der Waals surface area contributed by atoms with Crippen LogP contribution in [0.2, 0.25) is 0 Å². The van der Waals surface area contributed by atoms with Crippen LogP contribution in [0.5, 0.6) is 0 Å². The largest absolute Gasteiger partial charge is 0.356 e. The van der Waals surface area contributed by atoms with Gasteiger partial charge in [-0.2, -0.15) is 0 Å². The maximum Gasteiger partial charge on any atom is 0.223 e. The second-order valence-corrected chi connectivity index (χ2v) is 7.23. The molecule has 1 amide bonds. The Morgan fingerprint density at radius 3 is 2.37 bits per heavy atom. The van der Waals surface area contributed by atoms with Crippen molar-refractivity contribution in [2.24, 2.45) is 10.9 Å². The Balaban J connectivity index is 1.69. The smallest absolute Gasteiger partial charge is 0.223 e. The Labute approximate surface area is 161 Å². The van der Waals surface area contributed by atoms with Crippen molar-refractivity contribution in [1.82, 2.24) is 15.1 Å². The highest BCUT2D eigenvalue weighted by Crippen LogP contribution is 2.36. The second kappa shape index (κ2) is 8.71. The van der Waals surface area contributed by atoms with Gasteiger partial charge in [-0.1, -0.05) is 60.7 Å². The molecule has 0 unspecified atom stereocenters. The van der Waals surface area contributed by atoms with Gasteiger partial charge in [0.05, 0.1) is 12.6 Å². The van der Waals surface area contributed by atoms with Crippen LogP contribution in [0.4, 0.5) is 0 Å². The van der Waals surface area contributed by atoms with Crippen molar-refractivity contribution in [2.45, 2.75) is 19.0 Å². The number of guanidine groups is 1. The molecule has 1 N–H and O–H groups in total. The first kappa shape index (κ1) is 19.0. The standard InChI is InChI=1S/C22H28N4O/c1-25(2)22(23-15-17-10-6-4-7-11-17)24-16-19-14-20(27)26(3)21(19)18-12-8-5-9-13-18/h4-13,19,21H,14-16H2,1-3H3,(H,23,24)/t19-,21-/m0/s1. The topological polar surface area (TPSA) is 47.9 Å². The molecule has 1 aliphatic rings. The molecular weight excluding hydrogens is 336 g/mol. The molecule has 0 aliphatic carbocycles. The average Bonchev–Trinajstić information content (AvgIpc) is 2.97. The van der Waals surface area contributed by atoms with E-state index in [0.717, 1.165) is 5.96 Å². The number of aliphatic imine (C=N–C) groups is 1. The number of likely N-dealkylation sites (tertiary alicyclic amines) is 1. The monoisotopic (exact) mass is 364 g/mol. The van der Waals surface area contributed by atoms with Gasteiger partial charge in [-0.05, 0) is 11.1 Å². The number of rotatable bonds is 5. The molecule has 3 rings (SSSR count). The molecule has 0 saturated carbocycles. The fourth-order valence-corrected chi connectivity index (χ4v) is 3.61. The number of amides is 1. The van der Waals surface area contributed by atoms with Crippen molar-refractivity contribution >= 4 is 11.9 Å². The molecule has 1 saturated heterocycles. The number of nitrogens with zero attached hydrogens (tertiary/aromatic N) is 3. The Bertz CT molecular complexity index is 773. The molecule has 0 aromatic heterocycles. The summed E-state index contributed by atoms with van der Waals surface area (Å²) >= 11 is 0. The van der Waals surface area contributed by atoms with Gasteiger partial charge >= 0.3 is 0 Å². The summed E-state index contributed by atoms with van der Waals surface area (Å²) in [7, 11) is 5.87. The zero-order chi connectivity index (χ0) is 19.2. The summed E-state index contributed by atoms with van der Waals surface area (Å²) in [5.41, 5.74) is 2.36. The number of hydrogen-bond acceptors (Lipinski definition) is 2. The maximum atomic E-state index is 12.3. The molecular formula is C22H28N4O. The Morgan fingerprint density at radius 2 is 1.74 bits per heavy atom. The predicted octanol–water partition coefficient (Wildman–Crippen LogP) is 2.91. The molecule has 5 heteroatoms. The molecule has 0 bridgehead atoms. The van der Waals surface area contributed by atoms with Gasteiger partial charge in [0.15, 0.2) is 5.96 Å². The van der Waals surface area contributed by atoms with Gasteiger partial charge < -0.3 is 15.1 Å². The fourth-order valence-electron chi connectivity index (χ4n) is 3.61. The molecule has 27 heavy (non-hydrogen) atoms. The van der Waals surface area contributed by atoms with Gasteiger partial charge in [-0.25, -0.2) is 4.99 Å². The first-order valence-electron chi connectivity index (χ1n) is 9.36. The van der Waals surface area contributed by atoms with E-state index >= 15 is 0 Å². The third-order valence-electron chi connectivity index (χ3n) is 5.04. The van der Waals surface area contributed by atoms with E-state index in [1.807, 2.05) is 67.3 Å². The van der Waals surface area contributed by atoms with Crippen LogP contribution < -0.4 is 5.32 Å². The molecule has 142 valence electrons. The first-order valence-corrected chi connectivity index (χ1v) is 9.36. The summed E-state index contributed by atoms with van der Waals surface area (Å²) in [4.78, 5) is 20.9. The van der Waals surface area contributed by atoms with E-state index in [9.17, 15) is 4.79 Å². The minimum atomic E-state index is 0.101. The maximum absolute atomic E-state index is 12.3. The zero-order valence-corrected chi connectivity index (χ0v) is 16.3. The van der Waals surface area contributed by atoms with Crippen molar-refractivity contribution in [3.8, 4) is 0 Å². The Hall–Kier alpha value is -2.82. The minimum absolute atomic E-state index is 0.101. The van der Waals surface area contributed by atoms with Gasteiger partial charge in [0, 0.05) is 40.0 Å². The van der Waals surface area contributed by atoms with Crippen LogP contribution in [0.15, 0.2) is 65.7 Å². The number of benzene rings is 2. The molecule has 0 spiro atoms. The summed E-state index contributed by atoms with van der Waals surface area (Å²) in [6.07, 6.45) is 0.558. The van der Waals surface area contributed by atoms with Crippen molar-refractivity contribution < 1.29 is 4.79 Å². The first-order chi connectivity index (χ1) is 13.1. The van der Waals surface area contributed by atoms with Crippen LogP contribution >= 0.6 is 0 Å². The summed E-state index contributed by atoms with van der Waals surface area (Å²) in [6.45, 7) is 1.34.